The molecule has 0 fully saturated rings. The molecule has 3 rings (SSSR count). The van der Waals surface area contributed by atoms with E-state index >= 15 is 0 Å². The molecule has 0 bridgehead atoms. The molecule has 11 nitrogen and oxygen atoms in total. The topological polar surface area (TPSA) is 149 Å². The molecule has 0 unspecified atom stereocenters. The van der Waals surface area contributed by atoms with Gasteiger partial charge in [-0.2, -0.15) is 0 Å². The number of aromatic nitrogens is 2. The van der Waals surface area contributed by atoms with Gasteiger partial charge in [-0.25, -0.2) is 13.4 Å². The summed E-state index contributed by atoms with van der Waals surface area (Å²) in [7, 11) is -4.03. The van der Waals surface area contributed by atoms with Crippen molar-refractivity contribution in [3.63, 3.8) is 0 Å². The summed E-state index contributed by atoms with van der Waals surface area (Å²) in [4.78, 5) is 20.4. The van der Waals surface area contributed by atoms with E-state index in [9.17, 15) is 18.3 Å². The lowest BCUT2D eigenvalue weighted by Crippen LogP contribution is -2.51. The number of sulfone groups is 1. The molecule has 2 heterocycles. The average Bonchev–Trinajstić information content (AvgIpc) is 3.47. The Bertz CT molecular complexity index is 1550. The minimum atomic E-state index is -3.45. The third-order valence-electron chi connectivity index (χ3n) is 8.33. The van der Waals surface area contributed by atoms with E-state index in [4.69, 9.17) is 18.6 Å². The van der Waals surface area contributed by atoms with Crippen LogP contribution in [0.4, 0.5) is 0 Å². The third-order valence-corrected chi connectivity index (χ3v) is 15.4. The fourth-order valence-corrected chi connectivity index (χ4v) is 12.1. The molecule has 0 radical (unpaired) electrons. The Hall–Kier alpha value is -3.23. The molecule has 0 aliphatic carbocycles. The van der Waals surface area contributed by atoms with Crippen molar-refractivity contribution in [2.75, 3.05) is 26.6 Å². The van der Waals surface area contributed by atoms with Crippen molar-refractivity contribution in [1.82, 2.24) is 15.3 Å². The third kappa shape index (κ3) is 9.89. The number of hydrogen-bond acceptors (Lipinski definition) is 9. The number of nitrogens with zero attached hydrogens (tertiary/aromatic N) is 1. The summed E-state index contributed by atoms with van der Waals surface area (Å²) < 4.78 is 47.4. The molecular weight excluding hydrogens is 639 g/mol. The molecule has 3 N–H and O–H groups in total. The monoisotopic (exact) mass is 689 g/mol. The van der Waals surface area contributed by atoms with Crippen LogP contribution in [0.25, 0.3) is 11.3 Å². The summed E-state index contributed by atoms with van der Waals surface area (Å²) in [6.45, 7) is 17.3. The van der Waals surface area contributed by atoms with Crippen LogP contribution in [0.3, 0.4) is 0 Å². The van der Waals surface area contributed by atoms with Gasteiger partial charge in [0.15, 0.2) is 23.2 Å². The number of carbonyl (C=O) groups excluding carboxylic acids is 1. The van der Waals surface area contributed by atoms with Crippen molar-refractivity contribution < 1.29 is 37.0 Å². The van der Waals surface area contributed by atoms with Gasteiger partial charge in [0.05, 0.1) is 31.6 Å². The van der Waals surface area contributed by atoms with E-state index < -0.39 is 30.3 Å². The highest BCUT2D eigenvalue weighted by molar-refractivity contribution is 7.90. The largest absolute Gasteiger partial charge is 0.488 e. The highest BCUT2D eigenvalue weighted by Gasteiger charge is 2.45. The Balaban J connectivity index is 1.79. The van der Waals surface area contributed by atoms with Gasteiger partial charge >= 0.3 is 0 Å². The van der Waals surface area contributed by atoms with Crippen LogP contribution in [0.2, 0.25) is 16.6 Å². The second kappa shape index (κ2) is 16.2. The molecule has 1 amide bonds. The Kier molecular flexibility index (Phi) is 13.2. The van der Waals surface area contributed by atoms with Crippen LogP contribution in [0.1, 0.15) is 65.9 Å². The quantitative estimate of drug-likeness (QED) is 0.138. The molecule has 1 aromatic carbocycles. The molecule has 0 saturated carbocycles. The number of amides is 1. The van der Waals surface area contributed by atoms with Crippen molar-refractivity contribution in [2.45, 2.75) is 95.3 Å². The highest BCUT2D eigenvalue weighted by Crippen LogP contribution is 2.42. The van der Waals surface area contributed by atoms with Gasteiger partial charge in [-0.15, -0.1) is 0 Å². The van der Waals surface area contributed by atoms with E-state index in [0.29, 0.717) is 57.4 Å². The Labute approximate surface area is 280 Å². The number of ether oxygens (including phenoxy) is 3. The van der Waals surface area contributed by atoms with Crippen molar-refractivity contribution in [1.29, 1.82) is 0 Å². The van der Waals surface area contributed by atoms with E-state index in [2.05, 4.69) is 56.8 Å². The first-order valence-electron chi connectivity index (χ1n) is 15.9. The molecular formula is C34H51N3O8SSi. The summed E-state index contributed by atoms with van der Waals surface area (Å²) >= 11 is 0. The van der Waals surface area contributed by atoms with Gasteiger partial charge in [0.25, 0.3) is 5.91 Å². The van der Waals surface area contributed by atoms with Gasteiger partial charge in [-0.1, -0.05) is 41.5 Å². The number of pyridine rings is 1. The second-order valence-corrected chi connectivity index (χ2v) is 20.4. The number of carbonyl (C=O) groups is 1. The first kappa shape index (κ1) is 38.2. The maximum Gasteiger partial charge on any atom is 0.268 e. The van der Waals surface area contributed by atoms with E-state index in [1.165, 1.54) is 18.3 Å². The maximum atomic E-state index is 13.2. The Morgan fingerprint density at radius 1 is 0.915 bits per heavy atom. The van der Waals surface area contributed by atoms with Gasteiger partial charge in [0.1, 0.15) is 29.0 Å². The number of aromatic amines is 1. The number of rotatable bonds is 17. The fraction of sp³-hybridized carbons (Fsp3) is 0.529. The van der Waals surface area contributed by atoms with Crippen molar-refractivity contribution in [3.05, 3.63) is 54.4 Å². The van der Waals surface area contributed by atoms with Crippen molar-refractivity contribution in [3.8, 4) is 28.5 Å². The molecule has 0 aliphatic heterocycles. The van der Waals surface area contributed by atoms with E-state index in [1.54, 1.807) is 38.3 Å². The number of methoxy groups -OCH3 is 1. The molecule has 260 valence electrons. The summed E-state index contributed by atoms with van der Waals surface area (Å²) in [5.74, 6) is 0.891. The zero-order chi connectivity index (χ0) is 35.1. The fourth-order valence-electron chi connectivity index (χ4n) is 6.09. The molecule has 3 atom stereocenters. The highest BCUT2D eigenvalue weighted by atomic mass is 32.2. The summed E-state index contributed by atoms with van der Waals surface area (Å²) in [6, 6.07) is 11.1. The Morgan fingerprint density at radius 3 is 2.11 bits per heavy atom. The van der Waals surface area contributed by atoms with Gasteiger partial charge in [0.2, 0.25) is 0 Å². The first-order valence-corrected chi connectivity index (χ1v) is 20.0. The van der Waals surface area contributed by atoms with Crippen LogP contribution in [-0.2, 0) is 19.0 Å². The van der Waals surface area contributed by atoms with Crippen LogP contribution >= 0.6 is 0 Å². The molecule has 0 aliphatic rings. The standard InChI is InChI=1S/C34H51N3O8SSi/c1-21(2)47(22(3)4,23(5)6)43-20-32(38)25(8)36-34(39)31-13-12-30(37-31)26-15-28(44-24(7)19-42-9)17-29(16-26)45-27-11-14-33(35-18-27)46(10,40)41/h11-18,21-25,32,37-38H,19-20H2,1-10H3,(H,36,39)/t24-,25+,32+/m0/s1. The van der Waals surface area contributed by atoms with Gasteiger partial charge < -0.3 is 34.0 Å². The zero-order valence-electron chi connectivity index (χ0n) is 29.2. The lowest BCUT2D eigenvalue weighted by molar-refractivity contribution is 0.0627. The van der Waals surface area contributed by atoms with Crippen LogP contribution < -0.4 is 14.8 Å². The predicted molar refractivity (Wildman–Crippen MR) is 186 cm³/mol. The molecule has 13 heteroatoms. The van der Waals surface area contributed by atoms with Crippen LogP contribution in [0.5, 0.6) is 17.2 Å². The molecule has 0 saturated heterocycles. The minimum Gasteiger partial charge on any atom is -0.488 e. The van der Waals surface area contributed by atoms with Gasteiger partial charge in [-0.3, -0.25) is 4.79 Å². The zero-order valence-corrected chi connectivity index (χ0v) is 31.0. The van der Waals surface area contributed by atoms with Crippen LogP contribution in [0.15, 0.2) is 53.7 Å². The lowest BCUT2D eigenvalue weighted by Gasteiger charge is -2.43. The van der Waals surface area contributed by atoms with E-state index in [-0.39, 0.29) is 23.6 Å². The van der Waals surface area contributed by atoms with Crippen molar-refractivity contribution >= 4 is 24.1 Å². The van der Waals surface area contributed by atoms with Crippen molar-refractivity contribution in [2.24, 2.45) is 0 Å². The number of nitrogens with one attached hydrogen (secondary N) is 2. The molecule has 3 aromatic rings. The summed E-state index contributed by atoms with van der Waals surface area (Å²) in [6.07, 6.45) is 1.30. The minimum absolute atomic E-state index is 0.0563. The molecule has 47 heavy (non-hydrogen) atoms. The van der Waals surface area contributed by atoms with E-state index in [1.807, 2.05) is 13.0 Å². The van der Waals surface area contributed by atoms with Gasteiger partial charge in [-0.05, 0) is 66.9 Å². The van der Waals surface area contributed by atoms with Gasteiger partial charge in [0, 0.05) is 30.7 Å². The molecule has 0 spiro atoms. The van der Waals surface area contributed by atoms with E-state index in [0.717, 1.165) is 6.26 Å². The van der Waals surface area contributed by atoms with Crippen LogP contribution in [-0.4, -0.2) is 82.5 Å². The predicted octanol–water partition coefficient (Wildman–Crippen LogP) is 6.36. The Morgan fingerprint density at radius 2 is 1.55 bits per heavy atom. The average molecular weight is 690 g/mol. The SMILES string of the molecule is COC[C@H](C)Oc1cc(Oc2ccc(S(C)(=O)=O)nc2)cc(-c2ccc(C(=O)N[C@H](C)[C@H](O)CO[Si](C(C)C)(C(C)C)C(C)C)[nH]2)c1. The first-order chi connectivity index (χ1) is 22.0. The maximum absolute atomic E-state index is 13.2. The lowest BCUT2D eigenvalue weighted by atomic mass is 10.1. The number of benzene rings is 1. The number of hydrogen-bond donors (Lipinski definition) is 3. The number of H-pyrrole nitrogens is 1. The molecule has 2 aromatic heterocycles. The number of aliphatic hydroxyl groups is 1. The normalized spacial score (nSPS) is 14.3. The smallest absolute Gasteiger partial charge is 0.268 e. The summed E-state index contributed by atoms with van der Waals surface area (Å²) in [5, 5.41) is 13.8. The number of aliphatic hydroxyl groups excluding tert-OH is 1. The van der Waals surface area contributed by atoms with Crippen LogP contribution in [0, 0.1) is 0 Å². The summed E-state index contributed by atoms with van der Waals surface area (Å²) in [5.41, 5.74) is 2.78. The second-order valence-electron chi connectivity index (χ2n) is 13.0.